The number of para-hydroxylation sites is 2. The number of imidazole rings is 1. The second kappa shape index (κ2) is 8.01. The number of hydrogen-bond acceptors (Lipinski definition) is 4. The van der Waals surface area contributed by atoms with Gasteiger partial charge in [0.2, 0.25) is 5.91 Å². The summed E-state index contributed by atoms with van der Waals surface area (Å²) in [5.74, 6) is 2.02. The second-order valence-electron chi connectivity index (χ2n) is 5.89. The zero-order chi connectivity index (χ0) is 18.7. The third kappa shape index (κ3) is 3.81. The number of aromatic nitrogens is 2. The Bertz CT molecular complexity index is 955. The molecule has 0 saturated carbocycles. The molecule has 0 aliphatic heterocycles. The SMILES string of the molecule is COc1cc(Cl)c(C)cc1NC(=O)Cn1c(CSC)nc2ccccc21. The summed E-state index contributed by atoms with van der Waals surface area (Å²) in [4.78, 5) is 17.3. The van der Waals surface area contributed by atoms with Crippen molar-refractivity contribution >= 4 is 46.0 Å². The van der Waals surface area contributed by atoms with Crippen LogP contribution in [0.2, 0.25) is 5.02 Å². The molecule has 5 nitrogen and oxygen atoms in total. The molecule has 0 unspecified atom stereocenters. The smallest absolute Gasteiger partial charge is 0.244 e. The molecule has 0 bridgehead atoms. The van der Waals surface area contributed by atoms with Crippen LogP contribution in [0.25, 0.3) is 11.0 Å². The van der Waals surface area contributed by atoms with E-state index < -0.39 is 0 Å². The lowest BCUT2D eigenvalue weighted by Gasteiger charge is -2.13. The monoisotopic (exact) mass is 389 g/mol. The molecular weight excluding hydrogens is 370 g/mol. The maximum Gasteiger partial charge on any atom is 0.244 e. The van der Waals surface area contributed by atoms with Gasteiger partial charge in [-0.05, 0) is 36.9 Å². The summed E-state index contributed by atoms with van der Waals surface area (Å²) < 4.78 is 7.28. The van der Waals surface area contributed by atoms with E-state index >= 15 is 0 Å². The highest BCUT2D eigenvalue weighted by molar-refractivity contribution is 7.97. The van der Waals surface area contributed by atoms with Crippen LogP contribution in [0.1, 0.15) is 11.4 Å². The number of nitrogens with zero attached hydrogens (tertiary/aromatic N) is 2. The summed E-state index contributed by atoms with van der Waals surface area (Å²) in [6.07, 6.45) is 2.02. The van der Waals surface area contributed by atoms with Gasteiger partial charge in [-0.2, -0.15) is 11.8 Å². The number of anilines is 1. The van der Waals surface area contributed by atoms with E-state index in [2.05, 4.69) is 10.3 Å². The Hall–Kier alpha value is -2.18. The lowest BCUT2D eigenvalue weighted by Crippen LogP contribution is -2.20. The fraction of sp³-hybridized carbons (Fsp3) is 0.263. The van der Waals surface area contributed by atoms with Crippen LogP contribution in [0.3, 0.4) is 0 Å². The van der Waals surface area contributed by atoms with Crippen LogP contribution in [-0.2, 0) is 17.1 Å². The summed E-state index contributed by atoms with van der Waals surface area (Å²) in [5.41, 5.74) is 3.32. The van der Waals surface area contributed by atoms with Gasteiger partial charge < -0.3 is 14.6 Å². The van der Waals surface area contributed by atoms with Crippen molar-refractivity contribution in [2.45, 2.75) is 19.2 Å². The molecule has 3 rings (SSSR count). The normalized spacial score (nSPS) is 10.9. The van der Waals surface area contributed by atoms with Crippen LogP contribution in [-0.4, -0.2) is 28.8 Å². The Balaban J connectivity index is 1.88. The molecule has 2 aromatic carbocycles. The van der Waals surface area contributed by atoms with E-state index in [1.54, 1.807) is 24.9 Å². The number of methoxy groups -OCH3 is 1. The number of halogens is 1. The quantitative estimate of drug-likeness (QED) is 0.674. The fourth-order valence-electron chi connectivity index (χ4n) is 2.80. The standard InChI is InChI=1S/C19H20ClN3O2S/c1-12-8-15(17(25-2)9-13(12)20)22-19(24)10-23-16-7-5-4-6-14(16)21-18(23)11-26-3/h4-9H,10-11H2,1-3H3,(H,22,24). The van der Waals surface area contributed by atoms with Crippen molar-refractivity contribution in [1.82, 2.24) is 9.55 Å². The highest BCUT2D eigenvalue weighted by Gasteiger charge is 2.15. The van der Waals surface area contributed by atoms with Gasteiger partial charge in [-0.3, -0.25) is 4.79 Å². The molecule has 1 amide bonds. The zero-order valence-corrected chi connectivity index (χ0v) is 16.4. The molecule has 0 aliphatic rings. The Morgan fingerprint density at radius 2 is 2.12 bits per heavy atom. The maximum absolute atomic E-state index is 12.7. The van der Waals surface area contributed by atoms with Crippen molar-refractivity contribution in [2.24, 2.45) is 0 Å². The first-order chi connectivity index (χ1) is 12.5. The Morgan fingerprint density at radius 1 is 1.35 bits per heavy atom. The summed E-state index contributed by atoms with van der Waals surface area (Å²) in [6.45, 7) is 2.07. The Kier molecular flexibility index (Phi) is 5.74. The molecule has 0 spiro atoms. The van der Waals surface area contributed by atoms with E-state index in [9.17, 15) is 4.79 Å². The van der Waals surface area contributed by atoms with E-state index in [4.69, 9.17) is 16.3 Å². The van der Waals surface area contributed by atoms with Crippen molar-refractivity contribution in [3.8, 4) is 5.75 Å². The Labute approximate surface area is 161 Å². The predicted octanol–water partition coefficient (Wildman–Crippen LogP) is 4.51. The van der Waals surface area contributed by atoms with Crippen LogP contribution in [0, 0.1) is 6.92 Å². The molecule has 0 fully saturated rings. The lowest BCUT2D eigenvalue weighted by molar-refractivity contribution is -0.116. The van der Waals surface area contributed by atoms with Crippen molar-refractivity contribution in [3.63, 3.8) is 0 Å². The Morgan fingerprint density at radius 3 is 2.85 bits per heavy atom. The van der Waals surface area contributed by atoms with E-state index in [1.165, 1.54) is 0 Å². The number of carbonyl (C=O) groups excluding carboxylic acids is 1. The zero-order valence-electron chi connectivity index (χ0n) is 14.9. The predicted molar refractivity (Wildman–Crippen MR) is 108 cm³/mol. The summed E-state index contributed by atoms with van der Waals surface area (Å²) >= 11 is 7.80. The van der Waals surface area contributed by atoms with Gasteiger partial charge in [-0.25, -0.2) is 4.98 Å². The average molecular weight is 390 g/mol. The van der Waals surface area contributed by atoms with E-state index in [0.29, 0.717) is 16.5 Å². The highest BCUT2D eigenvalue weighted by Crippen LogP contribution is 2.31. The number of hydrogen-bond donors (Lipinski definition) is 1. The first kappa shape index (κ1) is 18.6. The molecule has 0 atom stereocenters. The third-order valence-corrected chi connectivity index (χ3v) is 5.02. The summed E-state index contributed by atoms with van der Waals surface area (Å²) in [5, 5.41) is 3.52. The number of ether oxygens (including phenoxy) is 1. The van der Waals surface area contributed by atoms with Crippen LogP contribution in [0.15, 0.2) is 36.4 Å². The third-order valence-electron chi connectivity index (χ3n) is 4.06. The second-order valence-corrected chi connectivity index (χ2v) is 7.16. The molecule has 1 N–H and O–H groups in total. The van der Waals surface area contributed by atoms with Gasteiger partial charge in [-0.15, -0.1) is 0 Å². The molecule has 3 aromatic rings. The summed E-state index contributed by atoms with van der Waals surface area (Å²) in [7, 11) is 1.55. The number of aryl methyl sites for hydroxylation is 1. The summed E-state index contributed by atoms with van der Waals surface area (Å²) in [6, 6.07) is 11.4. The molecule has 0 aliphatic carbocycles. The number of carbonyl (C=O) groups is 1. The van der Waals surface area contributed by atoms with Gasteiger partial charge in [0.1, 0.15) is 18.1 Å². The first-order valence-electron chi connectivity index (χ1n) is 8.10. The minimum Gasteiger partial charge on any atom is -0.495 e. The molecule has 136 valence electrons. The van der Waals surface area contributed by atoms with Crippen LogP contribution < -0.4 is 10.1 Å². The molecular formula is C19H20ClN3O2S. The first-order valence-corrected chi connectivity index (χ1v) is 9.87. The number of rotatable bonds is 6. The number of benzene rings is 2. The maximum atomic E-state index is 12.7. The number of amides is 1. The minimum absolute atomic E-state index is 0.143. The van der Waals surface area contributed by atoms with Crippen molar-refractivity contribution in [1.29, 1.82) is 0 Å². The molecule has 1 heterocycles. The molecule has 26 heavy (non-hydrogen) atoms. The van der Waals surface area contributed by atoms with E-state index in [1.807, 2.05) is 48.1 Å². The largest absolute Gasteiger partial charge is 0.495 e. The number of nitrogens with one attached hydrogen (secondary N) is 1. The fourth-order valence-corrected chi connectivity index (χ4v) is 3.44. The molecule has 1 aromatic heterocycles. The topological polar surface area (TPSA) is 56.1 Å². The van der Waals surface area contributed by atoms with Crippen LogP contribution in [0.4, 0.5) is 5.69 Å². The van der Waals surface area contributed by atoms with Crippen LogP contribution >= 0.6 is 23.4 Å². The van der Waals surface area contributed by atoms with Gasteiger partial charge in [0.25, 0.3) is 0 Å². The average Bonchev–Trinajstić information content (AvgIpc) is 2.96. The van der Waals surface area contributed by atoms with Gasteiger partial charge in [0, 0.05) is 11.1 Å². The molecule has 0 radical (unpaired) electrons. The van der Waals surface area contributed by atoms with E-state index in [-0.39, 0.29) is 12.5 Å². The van der Waals surface area contributed by atoms with Gasteiger partial charge in [0.15, 0.2) is 0 Å². The lowest BCUT2D eigenvalue weighted by atomic mass is 10.2. The van der Waals surface area contributed by atoms with Gasteiger partial charge in [-0.1, -0.05) is 23.7 Å². The highest BCUT2D eigenvalue weighted by atomic mass is 35.5. The molecule has 7 heteroatoms. The number of fused-ring (bicyclic) bond motifs is 1. The van der Waals surface area contributed by atoms with Crippen molar-refractivity contribution < 1.29 is 9.53 Å². The van der Waals surface area contributed by atoms with Gasteiger partial charge >= 0.3 is 0 Å². The van der Waals surface area contributed by atoms with Crippen molar-refractivity contribution in [3.05, 3.63) is 52.8 Å². The minimum atomic E-state index is -0.143. The number of thioether (sulfide) groups is 1. The molecule has 0 saturated heterocycles. The van der Waals surface area contributed by atoms with Gasteiger partial charge in [0.05, 0.1) is 29.6 Å². The van der Waals surface area contributed by atoms with E-state index in [0.717, 1.165) is 28.2 Å². The van der Waals surface area contributed by atoms with Crippen LogP contribution in [0.5, 0.6) is 5.75 Å². The van der Waals surface area contributed by atoms with Crippen molar-refractivity contribution in [2.75, 3.05) is 18.7 Å².